The molecule has 1 N–H and O–H groups in total. The lowest BCUT2D eigenvalue weighted by Crippen LogP contribution is -2.38. The standard InChI is InChI=1S/C24H23Cl2N3O4/c1-4-33-23(31)20-16(19-17(26)10-14(25)11-18(19)27-20)12-28-21(13(2)3)22(30)29(24(28)32)15-8-6-5-7-9-15/h5-11,13,21,27H,4,12H2,1-3H3/t21-/m0/s1. The molecule has 1 aliphatic rings. The van der Waals surface area contributed by atoms with Crippen molar-refractivity contribution < 1.29 is 19.1 Å². The molecule has 1 saturated heterocycles. The van der Waals surface area contributed by atoms with Crippen LogP contribution in [0.25, 0.3) is 10.9 Å². The van der Waals surface area contributed by atoms with Crippen LogP contribution in [0.1, 0.15) is 36.8 Å². The predicted molar refractivity (Wildman–Crippen MR) is 128 cm³/mol. The molecular formula is C24H23Cl2N3O4. The first-order chi connectivity index (χ1) is 15.7. The van der Waals surface area contributed by atoms with Crippen molar-refractivity contribution in [2.24, 2.45) is 5.92 Å². The number of anilines is 1. The van der Waals surface area contributed by atoms with E-state index in [1.54, 1.807) is 43.3 Å². The number of carbonyl (C=O) groups excluding carboxylic acids is 3. The number of carbonyl (C=O) groups is 3. The highest BCUT2D eigenvalue weighted by molar-refractivity contribution is 6.39. The molecule has 4 rings (SSSR count). The third-order valence-electron chi connectivity index (χ3n) is 5.62. The minimum Gasteiger partial charge on any atom is -0.461 e. The molecular weight excluding hydrogens is 465 g/mol. The van der Waals surface area contributed by atoms with Crippen LogP contribution in [0.5, 0.6) is 0 Å². The number of amides is 3. The number of benzene rings is 2. The second kappa shape index (κ2) is 9.08. The number of para-hydroxylation sites is 1. The van der Waals surface area contributed by atoms with Gasteiger partial charge in [0.25, 0.3) is 5.91 Å². The second-order valence-electron chi connectivity index (χ2n) is 8.12. The maximum Gasteiger partial charge on any atom is 0.355 e. The van der Waals surface area contributed by atoms with E-state index in [9.17, 15) is 14.4 Å². The van der Waals surface area contributed by atoms with Crippen LogP contribution >= 0.6 is 23.2 Å². The predicted octanol–water partition coefficient (Wildman–Crippen LogP) is 5.64. The molecule has 3 aromatic rings. The summed E-state index contributed by atoms with van der Waals surface area (Å²) in [4.78, 5) is 45.2. The Hall–Kier alpha value is -3.03. The van der Waals surface area contributed by atoms with Gasteiger partial charge in [-0.25, -0.2) is 14.5 Å². The van der Waals surface area contributed by atoms with E-state index < -0.39 is 18.0 Å². The van der Waals surface area contributed by atoms with Crippen molar-refractivity contribution >= 4 is 57.7 Å². The summed E-state index contributed by atoms with van der Waals surface area (Å²) in [6.45, 7) is 5.64. The van der Waals surface area contributed by atoms with E-state index in [1.165, 1.54) is 9.80 Å². The first-order valence-electron chi connectivity index (χ1n) is 10.6. The SMILES string of the molecule is CCOC(=O)c1[nH]c2cc(Cl)cc(Cl)c2c1CN1C(=O)N(c2ccccc2)C(=O)[C@@H]1C(C)C. The molecule has 0 spiro atoms. The number of rotatable bonds is 6. The lowest BCUT2D eigenvalue weighted by molar-refractivity contribution is -0.120. The lowest BCUT2D eigenvalue weighted by atomic mass is 10.0. The maximum absolute atomic E-state index is 13.5. The molecule has 0 aliphatic carbocycles. The third-order valence-corrected chi connectivity index (χ3v) is 6.13. The Labute approximate surface area is 201 Å². The van der Waals surface area contributed by atoms with Gasteiger partial charge >= 0.3 is 12.0 Å². The number of fused-ring (bicyclic) bond motifs is 1. The average Bonchev–Trinajstić information content (AvgIpc) is 3.24. The Morgan fingerprint density at radius 2 is 1.85 bits per heavy atom. The van der Waals surface area contributed by atoms with Gasteiger partial charge in [-0.15, -0.1) is 0 Å². The van der Waals surface area contributed by atoms with Crippen LogP contribution in [-0.2, 0) is 16.1 Å². The van der Waals surface area contributed by atoms with Crippen molar-refractivity contribution in [2.45, 2.75) is 33.4 Å². The summed E-state index contributed by atoms with van der Waals surface area (Å²) in [7, 11) is 0. The zero-order valence-corrected chi connectivity index (χ0v) is 19.9. The fraction of sp³-hybridized carbons (Fsp3) is 0.292. The minimum atomic E-state index is -0.705. The Morgan fingerprint density at radius 1 is 1.15 bits per heavy atom. The molecule has 0 radical (unpaired) electrons. The van der Waals surface area contributed by atoms with Crippen LogP contribution in [0, 0.1) is 5.92 Å². The van der Waals surface area contributed by atoms with Gasteiger partial charge in [0.2, 0.25) is 0 Å². The number of H-pyrrole nitrogens is 1. The second-order valence-corrected chi connectivity index (χ2v) is 8.96. The topological polar surface area (TPSA) is 82.7 Å². The number of aromatic nitrogens is 1. The third kappa shape index (κ3) is 4.07. The first-order valence-corrected chi connectivity index (χ1v) is 11.4. The molecule has 7 nitrogen and oxygen atoms in total. The quantitative estimate of drug-likeness (QED) is 0.359. The summed E-state index contributed by atoms with van der Waals surface area (Å²) < 4.78 is 5.22. The molecule has 9 heteroatoms. The first kappa shape index (κ1) is 23.1. The van der Waals surface area contributed by atoms with Crippen LogP contribution in [0.15, 0.2) is 42.5 Å². The number of ether oxygens (including phenoxy) is 1. The number of nitrogens with one attached hydrogen (secondary N) is 1. The number of hydrogen-bond acceptors (Lipinski definition) is 4. The van der Waals surface area contributed by atoms with Crippen LogP contribution in [0.4, 0.5) is 10.5 Å². The maximum atomic E-state index is 13.5. The smallest absolute Gasteiger partial charge is 0.355 e. The Bertz CT molecular complexity index is 1240. The summed E-state index contributed by atoms with van der Waals surface area (Å²) in [5, 5.41) is 1.29. The zero-order valence-electron chi connectivity index (χ0n) is 18.4. The minimum absolute atomic E-state index is 0.00768. The van der Waals surface area contributed by atoms with Crippen molar-refractivity contribution in [2.75, 3.05) is 11.5 Å². The van der Waals surface area contributed by atoms with Gasteiger partial charge in [0.05, 0.1) is 23.9 Å². The van der Waals surface area contributed by atoms with E-state index in [1.807, 2.05) is 19.9 Å². The zero-order chi connectivity index (χ0) is 23.9. The fourth-order valence-electron chi connectivity index (χ4n) is 4.25. The van der Waals surface area contributed by atoms with Crippen LogP contribution in [0.3, 0.4) is 0 Å². The van der Waals surface area contributed by atoms with Gasteiger partial charge in [0.1, 0.15) is 11.7 Å². The van der Waals surface area contributed by atoms with Crippen molar-refractivity contribution in [1.29, 1.82) is 0 Å². The summed E-state index contributed by atoms with van der Waals surface area (Å²) >= 11 is 12.7. The van der Waals surface area contributed by atoms with Gasteiger partial charge in [-0.05, 0) is 37.1 Å². The Kier molecular flexibility index (Phi) is 6.36. The van der Waals surface area contributed by atoms with Gasteiger partial charge in [-0.1, -0.05) is 55.2 Å². The summed E-state index contributed by atoms with van der Waals surface area (Å²) in [6.07, 6.45) is 0. The van der Waals surface area contributed by atoms with Crippen molar-refractivity contribution in [3.63, 3.8) is 0 Å². The van der Waals surface area contributed by atoms with E-state index in [0.717, 1.165) is 0 Å². The van der Waals surface area contributed by atoms with Gasteiger partial charge in [0, 0.05) is 21.5 Å². The fourth-order valence-corrected chi connectivity index (χ4v) is 4.86. The molecule has 2 heterocycles. The monoisotopic (exact) mass is 487 g/mol. The van der Waals surface area contributed by atoms with Gasteiger partial charge in [-0.3, -0.25) is 4.79 Å². The molecule has 2 aromatic carbocycles. The van der Waals surface area contributed by atoms with E-state index in [2.05, 4.69) is 4.98 Å². The van der Waals surface area contributed by atoms with Gasteiger partial charge in [-0.2, -0.15) is 0 Å². The highest BCUT2D eigenvalue weighted by Gasteiger charge is 2.47. The van der Waals surface area contributed by atoms with E-state index >= 15 is 0 Å². The van der Waals surface area contributed by atoms with Crippen molar-refractivity contribution in [3.8, 4) is 0 Å². The van der Waals surface area contributed by atoms with Crippen LogP contribution < -0.4 is 4.90 Å². The molecule has 1 aliphatic heterocycles. The molecule has 33 heavy (non-hydrogen) atoms. The average molecular weight is 488 g/mol. The van der Waals surface area contributed by atoms with Gasteiger partial charge < -0.3 is 14.6 Å². The number of esters is 1. The number of aromatic amines is 1. The highest BCUT2D eigenvalue weighted by Crippen LogP contribution is 2.36. The largest absolute Gasteiger partial charge is 0.461 e. The Morgan fingerprint density at radius 3 is 2.48 bits per heavy atom. The Balaban J connectivity index is 1.83. The number of urea groups is 1. The van der Waals surface area contributed by atoms with E-state index in [0.29, 0.717) is 32.2 Å². The summed E-state index contributed by atoms with van der Waals surface area (Å²) in [6, 6.07) is 10.8. The highest BCUT2D eigenvalue weighted by atomic mass is 35.5. The molecule has 3 amide bonds. The summed E-state index contributed by atoms with van der Waals surface area (Å²) in [5.41, 5.74) is 1.70. The number of nitrogens with zero attached hydrogens (tertiary/aromatic N) is 2. The molecule has 1 fully saturated rings. The molecule has 172 valence electrons. The van der Waals surface area contributed by atoms with E-state index in [-0.39, 0.29) is 30.7 Å². The molecule has 1 aromatic heterocycles. The van der Waals surface area contributed by atoms with Gasteiger partial charge in [0.15, 0.2) is 0 Å². The lowest BCUT2D eigenvalue weighted by Gasteiger charge is -2.24. The normalized spacial score (nSPS) is 16.4. The van der Waals surface area contributed by atoms with E-state index in [4.69, 9.17) is 27.9 Å². The van der Waals surface area contributed by atoms with Crippen LogP contribution in [0.2, 0.25) is 10.0 Å². The number of imide groups is 1. The number of halogens is 2. The molecule has 1 atom stereocenters. The van der Waals surface area contributed by atoms with Crippen LogP contribution in [-0.4, -0.2) is 40.4 Å². The van der Waals surface area contributed by atoms with Crippen molar-refractivity contribution in [1.82, 2.24) is 9.88 Å². The number of hydrogen-bond donors (Lipinski definition) is 1. The van der Waals surface area contributed by atoms with Crippen molar-refractivity contribution in [3.05, 3.63) is 63.8 Å². The molecule has 0 bridgehead atoms. The summed E-state index contributed by atoms with van der Waals surface area (Å²) in [5.74, 6) is -1.04. The molecule has 0 unspecified atom stereocenters. The molecule has 0 saturated carbocycles.